The van der Waals surface area contributed by atoms with Gasteiger partial charge in [0.1, 0.15) is 6.61 Å². The fraction of sp³-hybridized carbons (Fsp3) is 0.921. The number of allylic oxidation sites excluding steroid dienone is 2. The smallest absolute Gasteiger partial charge is 0.305 e. The Balaban J connectivity index is 3.17. The summed E-state index contributed by atoms with van der Waals surface area (Å²) in [5.74, 6) is -0.0614. The van der Waals surface area contributed by atoms with E-state index in [4.69, 9.17) is 9.47 Å². The molecule has 0 aromatic rings. The van der Waals surface area contributed by atoms with E-state index in [1.165, 1.54) is 167 Å². The lowest BCUT2D eigenvalue weighted by molar-refractivity contribution is -0.145. The van der Waals surface area contributed by atoms with Crippen LogP contribution in [0.25, 0.3) is 0 Å². The SMILES string of the molecule is CCCCCCCC/C=C\CCCCCCCC(=O)OCCOCCCCCCCCCCCCCCCCCC. The lowest BCUT2D eigenvalue weighted by Crippen LogP contribution is -2.10. The zero-order chi connectivity index (χ0) is 29.7. The van der Waals surface area contributed by atoms with Gasteiger partial charge in [0.05, 0.1) is 6.61 Å². The van der Waals surface area contributed by atoms with E-state index >= 15 is 0 Å². The molecular formula is C38H74O3. The Bertz CT molecular complexity index is 516. The quantitative estimate of drug-likeness (QED) is 0.0426. The van der Waals surface area contributed by atoms with Gasteiger partial charge in [-0.05, 0) is 38.5 Å². The van der Waals surface area contributed by atoms with Gasteiger partial charge in [-0.25, -0.2) is 0 Å². The fourth-order valence-electron chi connectivity index (χ4n) is 5.48. The maximum Gasteiger partial charge on any atom is 0.305 e. The van der Waals surface area contributed by atoms with Crippen LogP contribution >= 0.6 is 0 Å². The minimum atomic E-state index is -0.0614. The van der Waals surface area contributed by atoms with Crippen molar-refractivity contribution >= 4 is 5.97 Å². The van der Waals surface area contributed by atoms with Gasteiger partial charge in [-0.15, -0.1) is 0 Å². The summed E-state index contributed by atoms with van der Waals surface area (Å²) in [4.78, 5) is 11.9. The molecule has 0 rings (SSSR count). The minimum absolute atomic E-state index is 0.0614. The number of ether oxygens (including phenoxy) is 2. The lowest BCUT2D eigenvalue weighted by Gasteiger charge is -2.07. The first-order valence-electron chi connectivity index (χ1n) is 18.7. The van der Waals surface area contributed by atoms with Gasteiger partial charge >= 0.3 is 5.97 Å². The molecule has 244 valence electrons. The van der Waals surface area contributed by atoms with E-state index in [9.17, 15) is 4.79 Å². The molecule has 0 aliphatic heterocycles. The van der Waals surface area contributed by atoms with E-state index in [0.717, 1.165) is 25.9 Å². The molecule has 0 atom stereocenters. The van der Waals surface area contributed by atoms with E-state index < -0.39 is 0 Å². The Morgan fingerprint density at radius 1 is 0.415 bits per heavy atom. The summed E-state index contributed by atoms with van der Waals surface area (Å²) in [6.07, 6.45) is 44.1. The van der Waals surface area contributed by atoms with Gasteiger partial charge in [0, 0.05) is 13.0 Å². The molecule has 0 amide bonds. The molecule has 41 heavy (non-hydrogen) atoms. The second kappa shape index (κ2) is 37.2. The maximum atomic E-state index is 11.9. The molecule has 0 bridgehead atoms. The van der Waals surface area contributed by atoms with Crippen molar-refractivity contribution < 1.29 is 14.3 Å². The van der Waals surface area contributed by atoms with Crippen LogP contribution in [-0.4, -0.2) is 25.8 Å². The third kappa shape index (κ3) is 37.1. The summed E-state index contributed by atoms with van der Waals surface area (Å²) in [5.41, 5.74) is 0. The van der Waals surface area contributed by atoms with E-state index in [1.54, 1.807) is 0 Å². The Hall–Kier alpha value is -0.830. The van der Waals surface area contributed by atoms with E-state index in [-0.39, 0.29) is 5.97 Å². The molecule has 0 heterocycles. The fourth-order valence-corrected chi connectivity index (χ4v) is 5.48. The van der Waals surface area contributed by atoms with Gasteiger partial charge < -0.3 is 9.47 Å². The van der Waals surface area contributed by atoms with Crippen molar-refractivity contribution in [3.63, 3.8) is 0 Å². The number of carbonyl (C=O) groups excluding carboxylic acids is 1. The Labute approximate surface area is 258 Å². The molecule has 0 saturated heterocycles. The number of esters is 1. The number of carbonyl (C=O) groups is 1. The third-order valence-electron chi connectivity index (χ3n) is 8.28. The number of hydrogen-bond acceptors (Lipinski definition) is 3. The molecule has 0 spiro atoms. The molecule has 0 aromatic heterocycles. The molecule has 3 heteroatoms. The van der Waals surface area contributed by atoms with Crippen molar-refractivity contribution in [3.05, 3.63) is 12.2 Å². The van der Waals surface area contributed by atoms with Gasteiger partial charge in [0.15, 0.2) is 0 Å². The Kier molecular flexibility index (Phi) is 36.4. The Morgan fingerprint density at radius 2 is 0.780 bits per heavy atom. The van der Waals surface area contributed by atoms with Gasteiger partial charge in [0.2, 0.25) is 0 Å². The summed E-state index contributed by atoms with van der Waals surface area (Å²) in [7, 11) is 0. The average Bonchev–Trinajstić information content (AvgIpc) is 2.98. The van der Waals surface area contributed by atoms with Crippen LogP contribution in [0.3, 0.4) is 0 Å². The number of rotatable bonds is 35. The second-order valence-corrected chi connectivity index (χ2v) is 12.5. The topological polar surface area (TPSA) is 35.5 Å². The van der Waals surface area contributed by atoms with Crippen molar-refractivity contribution in [2.24, 2.45) is 0 Å². The van der Waals surface area contributed by atoms with Crippen molar-refractivity contribution in [2.75, 3.05) is 19.8 Å². The predicted molar refractivity (Wildman–Crippen MR) is 181 cm³/mol. The molecule has 0 aliphatic carbocycles. The third-order valence-corrected chi connectivity index (χ3v) is 8.28. The summed E-state index contributed by atoms with van der Waals surface area (Å²) in [5, 5.41) is 0. The first-order chi connectivity index (χ1) is 20.3. The molecule has 3 nitrogen and oxygen atoms in total. The zero-order valence-corrected chi connectivity index (χ0v) is 28.2. The first kappa shape index (κ1) is 40.2. The molecule has 0 radical (unpaired) electrons. The largest absolute Gasteiger partial charge is 0.463 e. The molecule has 0 fully saturated rings. The monoisotopic (exact) mass is 579 g/mol. The predicted octanol–water partition coefficient (Wildman–Crippen LogP) is 12.8. The molecule has 0 unspecified atom stereocenters. The molecule has 0 aromatic carbocycles. The van der Waals surface area contributed by atoms with Crippen LogP contribution in [0.5, 0.6) is 0 Å². The molecular weight excluding hydrogens is 504 g/mol. The lowest BCUT2D eigenvalue weighted by atomic mass is 10.0. The van der Waals surface area contributed by atoms with Crippen molar-refractivity contribution in [1.82, 2.24) is 0 Å². The average molecular weight is 579 g/mol. The molecule has 0 aliphatic rings. The highest BCUT2D eigenvalue weighted by Crippen LogP contribution is 2.14. The van der Waals surface area contributed by atoms with Crippen molar-refractivity contribution in [3.8, 4) is 0 Å². The molecule has 0 saturated carbocycles. The zero-order valence-electron chi connectivity index (χ0n) is 28.2. The van der Waals surface area contributed by atoms with E-state index in [1.807, 2.05) is 0 Å². The van der Waals surface area contributed by atoms with E-state index in [0.29, 0.717) is 19.6 Å². The van der Waals surface area contributed by atoms with Crippen LogP contribution < -0.4 is 0 Å². The van der Waals surface area contributed by atoms with Crippen LogP contribution in [0.15, 0.2) is 12.2 Å². The van der Waals surface area contributed by atoms with Gasteiger partial charge in [-0.2, -0.15) is 0 Å². The highest BCUT2D eigenvalue weighted by molar-refractivity contribution is 5.69. The summed E-state index contributed by atoms with van der Waals surface area (Å²) >= 11 is 0. The Morgan fingerprint density at radius 3 is 1.22 bits per heavy atom. The molecule has 0 N–H and O–H groups in total. The van der Waals surface area contributed by atoms with Gasteiger partial charge in [-0.3, -0.25) is 4.79 Å². The first-order valence-corrected chi connectivity index (χ1v) is 18.7. The van der Waals surface area contributed by atoms with Gasteiger partial charge in [-0.1, -0.05) is 174 Å². The van der Waals surface area contributed by atoms with Crippen molar-refractivity contribution in [1.29, 1.82) is 0 Å². The van der Waals surface area contributed by atoms with Crippen LogP contribution in [0.1, 0.15) is 206 Å². The number of unbranched alkanes of at least 4 members (excludes halogenated alkanes) is 26. The van der Waals surface area contributed by atoms with Gasteiger partial charge in [0.25, 0.3) is 0 Å². The minimum Gasteiger partial charge on any atom is -0.463 e. The standard InChI is InChI=1S/C38H74O3/c1-3-5-7-9-11-13-15-17-19-21-23-25-27-29-31-33-35-40-36-37-41-38(39)34-32-30-28-26-24-22-20-18-16-14-12-10-8-6-4-2/h18,20H,3-17,19,21-37H2,1-2H3/b20-18-. The summed E-state index contributed by atoms with van der Waals surface area (Å²) in [6, 6.07) is 0. The summed E-state index contributed by atoms with van der Waals surface area (Å²) in [6.45, 7) is 6.30. The highest BCUT2D eigenvalue weighted by Gasteiger charge is 2.02. The normalized spacial score (nSPS) is 11.6. The van der Waals surface area contributed by atoms with Crippen LogP contribution in [-0.2, 0) is 14.3 Å². The van der Waals surface area contributed by atoms with E-state index in [2.05, 4.69) is 26.0 Å². The maximum absolute atomic E-state index is 11.9. The summed E-state index contributed by atoms with van der Waals surface area (Å²) < 4.78 is 11.0. The van der Waals surface area contributed by atoms with Crippen LogP contribution in [0, 0.1) is 0 Å². The highest BCUT2D eigenvalue weighted by atomic mass is 16.6. The second-order valence-electron chi connectivity index (χ2n) is 12.5. The van der Waals surface area contributed by atoms with Crippen LogP contribution in [0.2, 0.25) is 0 Å². The van der Waals surface area contributed by atoms with Crippen molar-refractivity contribution in [2.45, 2.75) is 206 Å². The number of hydrogen-bond donors (Lipinski definition) is 0. The van der Waals surface area contributed by atoms with Crippen LogP contribution in [0.4, 0.5) is 0 Å².